The van der Waals surface area contributed by atoms with Crippen LogP contribution in [-0.4, -0.2) is 37.1 Å². The quantitative estimate of drug-likeness (QED) is 0.0262. The van der Waals surface area contributed by atoms with E-state index in [0.717, 1.165) is 89.9 Å². The van der Waals surface area contributed by atoms with Gasteiger partial charge < -0.3 is 14.2 Å². The Labute approximate surface area is 419 Å². The molecule has 0 radical (unpaired) electrons. The minimum absolute atomic E-state index is 0.219. The second-order valence-corrected chi connectivity index (χ2v) is 16.9. The zero-order chi connectivity index (χ0) is 53.1. The van der Waals surface area contributed by atoms with Crippen molar-refractivity contribution in [3.05, 3.63) is 122 Å². The zero-order valence-corrected chi connectivity index (χ0v) is 42.6. The standard InChI is InChI=1S/C61H98O6/c1-4-7-10-13-16-19-22-25-28-30-33-35-38-41-44-47-50-53-59(62)65-56-58(67-61(64)55-52-49-46-43-40-37-32-27-24-21-18-15-12-9-6-3)57-66-60(63)54-51-48-45-42-39-36-34-31-29-26-23-20-17-14-11-8-5-2/h16-21,25-29,32-36,41-42,44-45,58H,4-15,22-24,30-31,37-40,43,46-57H2,1-3H3/b19-16-,20-17-,21-18-,28-25-,29-26-,32-27-,35-33-,36-34-,44-41-,45-42-/i56D2,57D2,58D. The molecule has 0 N–H and O–H groups in total. The van der Waals surface area contributed by atoms with Crippen LogP contribution in [0.4, 0.5) is 0 Å². The van der Waals surface area contributed by atoms with Crippen LogP contribution >= 0.6 is 0 Å². The molecule has 0 rings (SSSR count). The van der Waals surface area contributed by atoms with E-state index in [-0.39, 0.29) is 19.3 Å². The maximum Gasteiger partial charge on any atom is 0.306 e. The van der Waals surface area contributed by atoms with Crippen molar-refractivity contribution in [3.8, 4) is 0 Å². The number of carbonyl (C=O) groups is 3. The highest BCUT2D eigenvalue weighted by atomic mass is 16.6. The monoisotopic (exact) mass is 932 g/mol. The van der Waals surface area contributed by atoms with Crippen molar-refractivity contribution in [3.63, 3.8) is 0 Å². The summed E-state index contributed by atoms with van der Waals surface area (Å²) in [6.07, 6.45) is 65.1. The molecule has 0 atom stereocenters. The third-order valence-corrected chi connectivity index (χ3v) is 10.5. The Kier molecular flexibility index (Phi) is 43.7. The van der Waals surface area contributed by atoms with Gasteiger partial charge in [-0.05, 0) is 128 Å². The Morgan fingerprint density at radius 3 is 0.925 bits per heavy atom. The number of unbranched alkanes of at least 4 members (excludes halogenated alkanes) is 16. The van der Waals surface area contributed by atoms with Gasteiger partial charge in [-0.3, -0.25) is 14.4 Å². The molecule has 0 saturated heterocycles. The van der Waals surface area contributed by atoms with Crippen molar-refractivity contribution in [2.75, 3.05) is 13.1 Å². The van der Waals surface area contributed by atoms with Crippen LogP contribution in [-0.2, 0) is 28.6 Å². The van der Waals surface area contributed by atoms with E-state index in [1.165, 1.54) is 57.8 Å². The van der Waals surface area contributed by atoms with Crippen LogP contribution in [0.25, 0.3) is 0 Å². The van der Waals surface area contributed by atoms with Crippen molar-refractivity contribution in [1.29, 1.82) is 0 Å². The number of rotatable bonds is 47. The molecule has 67 heavy (non-hydrogen) atoms. The van der Waals surface area contributed by atoms with Crippen molar-refractivity contribution < 1.29 is 35.4 Å². The van der Waals surface area contributed by atoms with Crippen LogP contribution in [0, 0.1) is 0 Å². The van der Waals surface area contributed by atoms with Gasteiger partial charge in [-0.2, -0.15) is 0 Å². The topological polar surface area (TPSA) is 78.9 Å². The summed E-state index contributed by atoms with van der Waals surface area (Å²) in [5.74, 6) is -3.14. The Bertz CT molecular complexity index is 1580. The Morgan fingerprint density at radius 2 is 0.597 bits per heavy atom. The van der Waals surface area contributed by atoms with Crippen molar-refractivity contribution >= 4 is 17.9 Å². The van der Waals surface area contributed by atoms with Crippen molar-refractivity contribution in [2.24, 2.45) is 0 Å². The van der Waals surface area contributed by atoms with Gasteiger partial charge >= 0.3 is 17.9 Å². The van der Waals surface area contributed by atoms with Crippen LogP contribution in [0.3, 0.4) is 0 Å². The second-order valence-electron chi connectivity index (χ2n) is 16.9. The molecule has 6 heteroatoms. The average molecular weight is 932 g/mol. The maximum atomic E-state index is 13.1. The third kappa shape index (κ3) is 52.6. The van der Waals surface area contributed by atoms with Gasteiger partial charge in [0.2, 0.25) is 0 Å². The van der Waals surface area contributed by atoms with E-state index in [2.05, 4.69) is 118 Å². The van der Waals surface area contributed by atoms with Gasteiger partial charge in [-0.25, -0.2) is 0 Å². The van der Waals surface area contributed by atoms with Gasteiger partial charge in [-0.15, -0.1) is 0 Å². The fourth-order valence-corrected chi connectivity index (χ4v) is 6.47. The second kappa shape index (κ2) is 54.4. The molecule has 0 aliphatic heterocycles. The summed E-state index contributed by atoms with van der Waals surface area (Å²) >= 11 is 0. The minimum Gasteiger partial charge on any atom is -0.462 e. The lowest BCUT2D eigenvalue weighted by Gasteiger charge is -2.18. The van der Waals surface area contributed by atoms with E-state index in [1.54, 1.807) is 0 Å². The Balaban J connectivity index is 5.23. The largest absolute Gasteiger partial charge is 0.462 e. The predicted octanol–water partition coefficient (Wildman–Crippen LogP) is 18.1. The molecular formula is C61H98O6. The summed E-state index contributed by atoms with van der Waals surface area (Å²) in [5, 5.41) is 0. The highest BCUT2D eigenvalue weighted by Gasteiger charge is 2.19. The van der Waals surface area contributed by atoms with E-state index in [4.69, 9.17) is 21.1 Å². The average Bonchev–Trinajstić information content (AvgIpc) is 3.34. The number of allylic oxidation sites excluding steroid dienone is 20. The molecule has 0 spiro atoms. The molecule has 0 aromatic heterocycles. The van der Waals surface area contributed by atoms with Crippen LogP contribution in [0.2, 0.25) is 0 Å². The lowest BCUT2D eigenvalue weighted by molar-refractivity contribution is -0.167. The van der Waals surface area contributed by atoms with Crippen molar-refractivity contribution in [1.82, 2.24) is 0 Å². The summed E-state index contributed by atoms with van der Waals surface area (Å²) in [4.78, 5) is 39.0. The summed E-state index contributed by atoms with van der Waals surface area (Å²) in [6, 6.07) is 0. The van der Waals surface area contributed by atoms with Gasteiger partial charge in [0, 0.05) is 19.3 Å². The van der Waals surface area contributed by atoms with Crippen LogP contribution in [0.1, 0.15) is 233 Å². The van der Waals surface area contributed by atoms with E-state index in [1.807, 2.05) is 24.3 Å². The molecule has 0 aliphatic rings. The molecule has 0 unspecified atom stereocenters. The van der Waals surface area contributed by atoms with Gasteiger partial charge in [0.05, 0.1) is 6.85 Å². The highest BCUT2D eigenvalue weighted by Crippen LogP contribution is 2.12. The first-order chi connectivity index (χ1) is 34.9. The molecule has 0 fully saturated rings. The van der Waals surface area contributed by atoms with E-state index < -0.39 is 37.1 Å². The molecule has 0 saturated carbocycles. The number of hydrogen-bond donors (Lipinski definition) is 0. The number of ether oxygens (including phenoxy) is 3. The molecule has 0 heterocycles. The molecule has 0 amide bonds. The van der Waals surface area contributed by atoms with Gasteiger partial charge in [0.25, 0.3) is 0 Å². The first kappa shape index (κ1) is 53.8. The third-order valence-electron chi connectivity index (χ3n) is 10.5. The summed E-state index contributed by atoms with van der Waals surface area (Å²) in [7, 11) is 0. The molecule has 0 bridgehead atoms. The minimum atomic E-state index is -3.56. The molecule has 6 nitrogen and oxygen atoms in total. The van der Waals surface area contributed by atoms with Crippen LogP contribution < -0.4 is 0 Å². The van der Waals surface area contributed by atoms with Gasteiger partial charge in [0.15, 0.2) is 6.08 Å². The first-order valence-electron chi connectivity index (χ1n) is 29.0. The van der Waals surface area contributed by atoms with Gasteiger partial charge in [-0.1, -0.05) is 200 Å². The van der Waals surface area contributed by atoms with Gasteiger partial charge in [0.1, 0.15) is 13.1 Å². The fraction of sp³-hybridized carbons (Fsp3) is 0.623. The molecular weight excluding hydrogens is 829 g/mol. The van der Waals surface area contributed by atoms with E-state index in [9.17, 15) is 14.4 Å². The zero-order valence-electron chi connectivity index (χ0n) is 47.6. The van der Waals surface area contributed by atoms with E-state index >= 15 is 0 Å². The van der Waals surface area contributed by atoms with Crippen LogP contribution in [0.5, 0.6) is 0 Å². The molecule has 0 aromatic rings. The Morgan fingerprint density at radius 1 is 0.343 bits per heavy atom. The predicted molar refractivity (Wildman–Crippen MR) is 288 cm³/mol. The summed E-state index contributed by atoms with van der Waals surface area (Å²) < 4.78 is 58.7. The maximum absolute atomic E-state index is 13.1. The summed E-state index contributed by atoms with van der Waals surface area (Å²) in [6.45, 7) is -0.412. The summed E-state index contributed by atoms with van der Waals surface area (Å²) in [5.41, 5.74) is 0. The molecule has 0 aliphatic carbocycles. The number of hydrogen-bond acceptors (Lipinski definition) is 6. The SMILES string of the molecule is [2H]C([2H])(OC(=O)CCC/C=C\C/C=C\C/C=C\C/C=C\CCCCC)C([2H])(OC(=O)CCCCCCC/C=C\C/C=C\CCCCC)C([2H])([2H])OC(=O)CCC/C=C\C/C=C\C/C=C\C/C=C\CCCCC. The smallest absolute Gasteiger partial charge is 0.306 e. The number of esters is 3. The molecule has 0 aromatic carbocycles. The highest BCUT2D eigenvalue weighted by molar-refractivity contribution is 5.71. The lowest BCUT2D eigenvalue weighted by Crippen LogP contribution is -2.30. The number of carbonyl (C=O) groups excluding carboxylic acids is 3. The van der Waals surface area contributed by atoms with Crippen LogP contribution in [0.15, 0.2) is 122 Å². The first-order valence-corrected chi connectivity index (χ1v) is 26.5. The van der Waals surface area contributed by atoms with E-state index in [0.29, 0.717) is 38.5 Å². The fourth-order valence-electron chi connectivity index (χ4n) is 6.47. The lowest BCUT2D eigenvalue weighted by atomic mass is 10.1. The normalized spacial score (nSPS) is 14.3. The van der Waals surface area contributed by atoms with Crippen molar-refractivity contribution in [2.45, 2.75) is 232 Å². The Hall–Kier alpha value is -4.19. The molecule has 378 valence electrons.